The van der Waals surface area contributed by atoms with E-state index in [1.807, 2.05) is 103 Å². The summed E-state index contributed by atoms with van der Waals surface area (Å²) in [7, 11) is 0. The highest BCUT2D eigenvalue weighted by Gasteiger charge is 2.58. The van der Waals surface area contributed by atoms with Crippen molar-refractivity contribution >= 4 is 24.1 Å². The quantitative estimate of drug-likeness (QED) is 0.288. The van der Waals surface area contributed by atoms with Crippen LogP contribution in [0.4, 0.5) is 0 Å². The van der Waals surface area contributed by atoms with E-state index < -0.39 is 17.7 Å². The predicted octanol–water partition coefficient (Wildman–Crippen LogP) is 5.33. The Bertz CT molecular complexity index is 1160. The van der Waals surface area contributed by atoms with E-state index in [0.29, 0.717) is 12.2 Å². The zero-order valence-electron chi connectivity index (χ0n) is 19.6. The Morgan fingerprint density at radius 3 is 1.67 bits per heavy atom. The number of hydrogen-bond acceptors (Lipinski definition) is 6. The third-order valence-corrected chi connectivity index (χ3v) is 5.23. The lowest BCUT2D eigenvalue weighted by Gasteiger charge is -2.23. The Morgan fingerprint density at radius 1 is 0.694 bits per heavy atom. The lowest BCUT2D eigenvalue weighted by molar-refractivity contribution is -0.218. The summed E-state index contributed by atoms with van der Waals surface area (Å²) in [5.74, 6) is -4.02. The summed E-state index contributed by atoms with van der Waals surface area (Å²) in [6.07, 6.45) is 8.55. The first-order valence-electron chi connectivity index (χ1n) is 11.5. The molecule has 6 nitrogen and oxygen atoms in total. The van der Waals surface area contributed by atoms with Gasteiger partial charge >= 0.3 is 17.7 Å². The molecule has 0 saturated carbocycles. The summed E-state index contributed by atoms with van der Waals surface area (Å²) in [5, 5.41) is 0. The van der Waals surface area contributed by atoms with Crippen LogP contribution in [-0.4, -0.2) is 30.9 Å². The van der Waals surface area contributed by atoms with Gasteiger partial charge in [-0.05, 0) is 28.8 Å². The number of carbonyl (C=O) groups is 2. The predicted molar refractivity (Wildman–Crippen MR) is 136 cm³/mol. The zero-order valence-corrected chi connectivity index (χ0v) is 19.6. The van der Waals surface area contributed by atoms with Crippen LogP contribution >= 0.6 is 0 Å². The molecule has 0 spiro atoms. The maximum atomic E-state index is 13.0. The van der Waals surface area contributed by atoms with Gasteiger partial charge in [-0.1, -0.05) is 103 Å². The monoisotopic (exact) mass is 482 g/mol. The van der Waals surface area contributed by atoms with Crippen LogP contribution in [0.15, 0.2) is 115 Å². The van der Waals surface area contributed by atoms with Gasteiger partial charge in [-0.15, -0.1) is 0 Å². The first-order valence-corrected chi connectivity index (χ1v) is 11.5. The molecular formula is C30H26O6. The fourth-order valence-electron chi connectivity index (χ4n) is 3.45. The number of rotatable bonds is 10. The van der Waals surface area contributed by atoms with Gasteiger partial charge in [0, 0.05) is 6.42 Å². The molecule has 0 aromatic heterocycles. The Balaban J connectivity index is 1.41. The molecule has 36 heavy (non-hydrogen) atoms. The second-order valence-corrected chi connectivity index (χ2v) is 7.91. The summed E-state index contributed by atoms with van der Waals surface area (Å²) in [6.45, 7) is -0.144. The van der Waals surface area contributed by atoms with E-state index in [1.54, 1.807) is 12.2 Å². The van der Waals surface area contributed by atoms with Crippen LogP contribution < -0.4 is 0 Å². The minimum absolute atomic E-state index is 0.0720. The SMILES string of the molecule is O=C(OCC=Cc1ccccc1)C1(C(=O)OCC=Cc2ccccc2)OC=C(Cc2ccccc2)O1. The lowest BCUT2D eigenvalue weighted by Crippen LogP contribution is -2.50. The minimum atomic E-state index is -2.36. The molecule has 6 heteroatoms. The molecule has 1 aliphatic heterocycles. The number of ether oxygens (including phenoxy) is 4. The van der Waals surface area contributed by atoms with Gasteiger partial charge in [0.1, 0.15) is 25.2 Å². The minimum Gasteiger partial charge on any atom is -0.455 e. The third-order valence-electron chi connectivity index (χ3n) is 5.23. The molecule has 0 atom stereocenters. The molecule has 0 N–H and O–H groups in total. The van der Waals surface area contributed by atoms with Gasteiger partial charge in [-0.3, -0.25) is 0 Å². The molecule has 0 aliphatic carbocycles. The molecule has 4 rings (SSSR count). The van der Waals surface area contributed by atoms with Crippen molar-refractivity contribution in [2.24, 2.45) is 0 Å². The lowest BCUT2D eigenvalue weighted by atomic mass is 10.1. The number of hydrogen-bond donors (Lipinski definition) is 0. The Morgan fingerprint density at radius 2 is 1.17 bits per heavy atom. The Kier molecular flexibility index (Phi) is 8.33. The summed E-state index contributed by atoms with van der Waals surface area (Å²) < 4.78 is 21.9. The van der Waals surface area contributed by atoms with E-state index in [-0.39, 0.29) is 13.2 Å². The second-order valence-electron chi connectivity index (χ2n) is 7.91. The van der Waals surface area contributed by atoms with Crippen LogP contribution in [0.5, 0.6) is 0 Å². The molecule has 1 heterocycles. The van der Waals surface area contributed by atoms with Crippen molar-refractivity contribution in [1.82, 2.24) is 0 Å². The van der Waals surface area contributed by atoms with Crippen molar-refractivity contribution in [3.8, 4) is 0 Å². The fourth-order valence-corrected chi connectivity index (χ4v) is 3.45. The average Bonchev–Trinajstić information content (AvgIpc) is 3.36. The van der Waals surface area contributed by atoms with Crippen molar-refractivity contribution in [1.29, 1.82) is 0 Å². The highest BCUT2D eigenvalue weighted by atomic mass is 16.8. The molecule has 0 bridgehead atoms. The van der Waals surface area contributed by atoms with Gasteiger partial charge in [-0.25, -0.2) is 9.59 Å². The maximum Gasteiger partial charge on any atom is 0.452 e. The van der Waals surface area contributed by atoms with Crippen molar-refractivity contribution < 1.29 is 28.5 Å². The molecule has 0 amide bonds. The van der Waals surface area contributed by atoms with Gasteiger partial charge in [0.15, 0.2) is 0 Å². The highest BCUT2D eigenvalue weighted by molar-refractivity contribution is 6.02. The van der Waals surface area contributed by atoms with Crippen molar-refractivity contribution in [2.45, 2.75) is 12.2 Å². The van der Waals surface area contributed by atoms with Crippen molar-refractivity contribution in [2.75, 3.05) is 13.2 Å². The summed E-state index contributed by atoms with van der Waals surface area (Å²) in [5.41, 5.74) is 2.84. The molecule has 3 aromatic rings. The van der Waals surface area contributed by atoms with Gasteiger partial charge in [-0.2, -0.15) is 0 Å². The molecule has 182 valence electrons. The van der Waals surface area contributed by atoms with Crippen LogP contribution in [0, 0.1) is 0 Å². The van der Waals surface area contributed by atoms with E-state index in [1.165, 1.54) is 6.26 Å². The summed E-state index contributed by atoms with van der Waals surface area (Å²) in [4.78, 5) is 26.0. The van der Waals surface area contributed by atoms with Crippen LogP contribution in [0.1, 0.15) is 16.7 Å². The van der Waals surface area contributed by atoms with Crippen LogP contribution in [0.3, 0.4) is 0 Å². The smallest absolute Gasteiger partial charge is 0.452 e. The van der Waals surface area contributed by atoms with E-state index in [0.717, 1.165) is 16.7 Å². The van der Waals surface area contributed by atoms with E-state index >= 15 is 0 Å². The number of benzene rings is 3. The number of carbonyl (C=O) groups excluding carboxylic acids is 2. The first-order chi connectivity index (χ1) is 17.7. The van der Waals surface area contributed by atoms with Gasteiger partial charge in [0.05, 0.1) is 0 Å². The Labute approximate surface area is 210 Å². The van der Waals surface area contributed by atoms with E-state index in [2.05, 4.69) is 0 Å². The molecule has 0 radical (unpaired) electrons. The van der Waals surface area contributed by atoms with Gasteiger partial charge < -0.3 is 18.9 Å². The van der Waals surface area contributed by atoms with E-state index in [4.69, 9.17) is 18.9 Å². The van der Waals surface area contributed by atoms with Crippen LogP contribution in [0.25, 0.3) is 12.2 Å². The number of allylic oxidation sites excluding steroid dienone is 1. The molecule has 3 aromatic carbocycles. The van der Waals surface area contributed by atoms with E-state index in [9.17, 15) is 9.59 Å². The number of esters is 2. The molecule has 1 aliphatic rings. The van der Waals surface area contributed by atoms with Gasteiger partial charge in [0.25, 0.3) is 0 Å². The molecule has 0 unspecified atom stereocenters. The summed E-state index contributed by atoms with van der Waals surface area (Å²) >= 11 is 0. The van der Waals surface area contributed by atoms with Crippen LogP contribution in [-0.2, 0) is 35.0 Å². The van der Waals surface area contributed by atoms with Crippen molar-refractivity contribution in [3.05, 3.63) is 132 Å². The fraction of sp³-hybridized carbons (Fsp3) is 0.133. The first kappa shape index (κ1) is 24.5. The Hall–Kier alpha value is -4.58. The average molecular weight is 483 g/mol. The largest absolute Gasteiger partial charge is 0.455 e. The molecule has 0 fully saturated rings. The molecular weight excluding hydrogens is 456 g/mol. The highest BCUT2D eigenvalue weighted by Crippen LogP contribution is 2.30. The standard InChI is InChI=1S/C30H26O6/c31-28(33-20-10-18-24-12-4-1-5-13-24)30(29(32)34-21-11-19-25-14-6-2-7-15-25)35-23-27(36-30)22-26-16-8-3-9-17-26/h1-19,23H,20-22H2. The topological polar surface area (TPSA) is 71.1 Å². The summed E-state index contributed by atoms with van der Waals surface area (Å²) in [6, 6.07) is 28.6. The normalized spacial score (nSPS) is 16.8. The third kappa shape index (κ3) is 6.51. The van der Waals surface area contributed by atoms with Crippen molar-refractivity contribution in [3.63, 3.8) is 0 Å². The maximum absolute atomic E-state index is 13.0. The molecule has 0 saturated heterocycles. The van der Waals surface area contributed by atoms with Crippen LogP contribution in [0.2, 0.25) is 0 Å². The van der Waals surface area contributed by atoms with Gasteiger partial charge in [0.2, 0.25) is 0 Å². The zero-order chi connectivity index (χ0) is 25.1. The second kappa shape index (κ2) is 12.2.